The molecular weight excluding hydrogens is 226 g/mol. The van der Waals surface area contributed by atoms with Gasteiger partial charge in [-0.1, -0.05) is 47.0 Å². The summed E-state index contributed by atoms with van der Waals surface area (Å²) < 4.78 is 0. The second-order valence-electron chi connectivity index (χ2n) is 7.02. The number of carbonyl (C=O) groups excluding carboxylic acids is 1. The van der Waals surface area contributed by atoms with Gasteiger partial charge in [-0.2, -0.15) is 0 Å². The van der Waals surface area contributed by atoms with Gasteiger partial charge in [-0.05, 0) is 24.2 Å². The van der Waals surface area contributed by atoms with Crippen LogP contribution in [0.3, 0.4) is 0 Å². The normalized spacial score (nSPS) is 21.4. The van der Waals surface area contributed by atoms with Gasteiger partial charge in [0, 0.05) is 6.42 Å². The smallest absolute Gasteiger partial charge is 0.220 e. The van der Waals surface area contributed by atoms with E-state index in [4.69, 9.17) is 0 Å². The molecule has 0 aromatic carbocycles. The van der Waals surface area contributed by atoms with Crippen LogP contribution in [0.2, 0.25) is 0 Å². The van der Waals surface area contributed by atoms with E-state index in [1.54, 1.807) is 0 Å². The largest absolute Gasteiger partial charge is 0.394 e. The van der Waals surface area contributed by atoms with Crippen LogP contribution in [0.1, 0.15) is 66.2 Å². The molecule has 1 fully saturated rings. The highest BCUT2D eigenvalue weighted by atomic mass is 16.3. The summed E-state index contributed by atoms with van der Waals surface area (Å²) in [4.78, 5) is 12.1. The molecule has 18 heavy (non-hydrogen) atoms. The summed E-state index contributed by atoms with van der Waals surface area (Å²) in [6.45, 7) is 8.67. The Hall–Kier alpha value is -0.570. The standard InChI is InChI=1S/C15H29NO2/c1-12(14(2,3)4)10-13(18)16-15(11-17)8-6-5-7-9-15/h12,17H,5-11H2,1-4H3,(H,16,18). The predicted molar refractivity (Wildman–Crippen MR) is 74.3 cm³/mol. The van der Waals surface area contributed by atoms with Crippen molar-refractivity contribution in [2.45, 2.75) is 71.8 Å². The molecule has 3 nitrogen and oxygen atoms in total. The topological polar surface area (TPSA) is 49.3 Å². The van der Waals surface area contributed by atoms with Crippen LogP contribution in [0.25, 0.3) is 0 Å². The Morgan fingerprint density at radius 3 is 2.28 bits per heavy atom. The lowest BCUT2D eigenvalue weighted by Gasteiger charge is -2.37. The number of hydrogen-bond donors (Lipinski definition) is 2. The maximum atomic E-state index is 12.1. The molecule has 0 radical (unpaired) electrons. The number of carbonyl (C=O) groups is 1. The summed E-state index contributed by atoms with van der Waals surface area (Å²) in [6.07, 6.45) is 5.81. The molecule has 1 aliphatic carbocycles. The zero-order valence-corrected chi connectivity index (χ0v) is 12.4. The first-order chi connectivity index (χ1) is 8.29. The van der Waals surface area contributed by atoms with Gasteiger partial charge < -0.3 is 10.4 Å². The maximum Gasteiger partial charge on any atom is 0.220 e. The van der Waals surface area contributed by atoms with E-state index in [2.05, 4.69) is 33.0 Å². The molecule has 1 atom stereocenters. The molecule has 1 amide bonds. The van der Waals surface area contributed by atoms with Crippen LogP contribution in [0, 0.1) is 11.3 Å². The van der Waals surface area contributed by atoms with Crippen LogP contribution in [0.5, 0.6) is 0 Å². The second-order valence-corrected chi connectivity index (χ2v) is 7.02. The van der Waals surface area contributed by atoms with Crippen LogP contribution in [0.4, 0.5) is 0 Å². The fraction of sp³-hybridized carbons (Fsp3) is 0.933. The zero-order valence-electron chi connectivity index (χ0n) is 12.4. The summed E-state index contributed by atoms with van der Waals surface area (Å²) in [5, 5.41) is 12.7. The van der Waals surface area contributed by atoms with Gasteiger partial charge in [-0.3, -0.25) is 4.79 Å². The first-order valence-corrected chi connectivity index (χ1v) is 7.21. The molecule has 0 spiro atoms. The number of hydrogen-bond acceptors (Lipinski definition) is 2. The van der Waals surface area contributed by atoms with Crippen LogP contribution in [0.15, 0.2) is 0 Å². The van der Waals surface area contributed by atoms with E-state index >= 15 is 0 Å². The average Bonchev–Trinajstić information content (AvgIpc) is 2.28. The minimum atomic E-state index is -0.340. The van der Waals surface area contributed by atoms with Crippen molar-refractivity contribution >= 4 is 5.91 Å². The van der Waals surface area contributed by atoms with Crippen LogP contribution >= 0.6 is 0 Å². The summed E-state index contributed by atoms with van der Waals surface area (Å²) in [6, 6.07) is 0. The lowest BCUT2D eigenvalue weighted by molar-refractivity contribution is -0.125. The van der Waals surface area contributed by atoms with Crippen LogP contribution in [-0.2, 0) is 4.79 Å². The van der Waals surface area contributed by atoms with E-state index in [1.807, 2.05) is 0 Å². The van der Waals surface area contributed by atoms with Crippen molar-refractivity contribution in [1.82, 2.24) is 5.32 Å². The van der Waals surface area contributed by atoms with Crippen LogP contribution < -0.4 is 5.32 Å². The lowest BCUT2D eigenvalue weighted by atomic mass is 9.79. The highest BCUT2D eigenvalue weighted by Crippen LogP contribution is 2.30. The summed E-state index contributed by atoms with van der Waals surface area (Å²) in [5.41, 5.74) is -0.191. The molecule has 1 unspecified atom stereocenters. The summed E-state index contributed by atoms with van der Waals surface area (Å²) in [5.74, 6) is 0.435. The molecule has 0 aromatic heterocycles. The lowest BCUT2D eigenvalue weighted by Crippen LogP contribution is -2.53. The molecule has 0 aliphatic heterocycles. The molecule has 1 rings (SSSR count). The van der Waals surface area contributed by atoms with Gasteiger partial charge in [0.15, 0.2) is 0 Å². The molecule has 0 saturated heterocycles. The van der Waals surface area contributed by atoms with Gasteiger partial charge in [-0.25, -0.2) is 0 Å². The first kappa shape index (κ1) is 15.5. The Kier molecular flexibility index (Phi) is 5.20. The Balaban J connectivity index is 2.52. The van der Waals surface area contributed by atoms with E-state index in [-0.39, 0.29) is 23.5 Å². The zero-order chi connectivity index (χ0) is 13.8. The quantitative estimate of drug-likeness (QED) is 0.811. The number of nitrogens with one attached hydrogen (secondary N) is 1. The minimum absolute atomic E-state index is 0.0721. The third kappa shape index (κ3) is 4.27. The van der Waals surface area contributed by atoms with Crippen LogP contribution in [-0.4, -0.2) is 23.2 Å². The number of aliphatic hydroxyl groups is 1. The fourth-order valence-electron chi connectivity index (χ4n) is 2.48. The molecule has 1 aliphatic rings. The third-order valence-corrected chi connectivity index (χ3v) is 4.49. The highest BCUT2D eigenvalue weighted by molar-refractivity contribution is 5.77. The molecule has 0 aromatic rings. The molecule has 106 valence electrons. The molecule has 0 heterocycles. The number of rotatable bonds is 4. The molecule has 2 N–H and O–H groups in total. The molecular formula is C15H29NO2. The number of aliphatic hydroxyl groups excluding tert-OH is 1. The SMILES string of the molecule is CC(CC(=O)NC1(CO)CCCCC1)C(C)(C)C. The third-order valence-electron chi connectivity index (χ3n) is 4.49. The van der Waals surface area contributed by atoms with Crippen molar-refractivity contribution < 1.29 is 9.90 Å². The van der Waals surface area contributed by atoms with E-state index < -0.39 is 0 Å². The van der Waals surface area contributed by atoms with Gasteiger partial charge in [-0.15, -0.1) is 0 Å². The van der Waals surface area contributed by atoms with Gasteiger partial charge in [0.1, 0.15) is 0 Å². The monoisotopic (exact) mass is 255 g/mol. The van der Waals surface area contributed by atoms with Gasteiger partial charge in [0.25, 0.3) is 0 Å². The highest BCUT2D eigenvalue weighted by Gasteiger charge is 2.33. The van der Waals surface area contributed by atoms with Crippen molar-refractivity contribution in [2.75, 3.05) is 6.61 Å². The Morgan fingerprint density at radius 2 is 1.83 bits per heavy atom. The van der Waals surface area contributed by atoms with Crippen molar-refractivity contribution in [2.24, 2.45) is 11.3 Å². The van der Waals surface area contributed by atoms with Crippen molar-refractivity contribution in [3.63, 3.8) is 0 Å². The molecule has 3 heteroatoms. The Labute approximate surface area is 111 Å². The van der Waals surface area contributed by atoms with E-state index in [0.717, 1.165) is 25.7 Å². The maximum absolute atomic E-state index is 12.1. The summed E-state index contributed by atoms with van der Waals surface area (Å²) >= 11 is 0. The first-order valence-electron chi connectivity index (χ1n) is 7.21. The minimum Gasteiger partial charge on any atom is -0.394 e. The van der Waals surface area contributed by atoms with E-state index in [1.165, 1.54) is 6.42 Å². The average molecular weight is 255 g/mol. The van der Waals surface area contributed by atoms with Crippen molar-refractivity contribution in [3.05, 3.63) is 0 Å². The van der Waals surface area contributed by atoms with E-state index in [0.29, 0.717) is 12.3 Å². The fourth-order valence-corrected chi connectivity index (χ4v) is 2.48. The molecule has 0 bridgehead atoms. The molecule has 1 saturated carbocycles. The van der Waals surface area contributed by atoms with Gasteiger partial charge in [0.2, 0.25) is 5.91 Å². The Morgan fingerprint density at radius 1 is 1.28 bits per heavy atom. The summed E-state index contributed by atoms with van der Waals surface area (Å²) in [7, 11) is 0. The van der Waals surface area contributed by atoms with Gasteiger partial charge >= 0.3 is 0 Å². The second kappa shape index (κ2) is 6.05. The number of amides is 1. The Bertz CT molecular complexity index is 275. The van der Waals surface area contributed by atoms with Gasteiger partial charge in [0.05, 0.1) is 12.1 Å². The van der Waals surface area contributed by atoms with Crippen molar-refractivity contribution in [3.8, 4) is 0 Å². The predicted octanol–water partition coefficient (Wildman–Crippen LogP) is 2.87. The van der Waals surface area contributed by atoms with E-state index in [9.17, 15) is 9.90 Å². The van der Waals surface area contributed by atoms with Crippen molar-refractivity contribution in [1.29, 1.82) is 0 Å².